The highest BCUT2D eigenvalue weighted by atomic mass is 32.1. The third-order valence-electron chi connectivity index (χ3n) is 3.61. The summed E-state index contributed by atoms with van der Waals surface area (Å²) < 4.78 is 5.16. The molecule has 1 aromatic heterocycles. The molecule has 5 heteroatoms. The lowest BCUT2D eigenvalue weighted by Crippen LogP contribution is -2.36. The molecule has 1 aromatic carbocycles. The van der Waals surface area contributed by atoms with E-state index in [0.717, 1.165) is 30.9 Å². The minimum absolute atomic E-state index is 0.0157. The Kier molecular flexibility index (Phi) is 4.22. The van der Waals surface area contributed by atoms with Crippen molar-refractivity contribution in [1.29, 1.82) is 0 Å². The van der Waals surface area contributed by atoms with Crippen molar-refractivity contribution in [2.45, 2.75) is 13.0 Å². The van der Waals surface area contributed by atoms with Gasteiger partial charge in [-0.15, -0.1) is 11.3 Å². The van der Waals surface area contributed by atoms with Crippen molar-refractivity contribution in [3.8, 4) is 5.75 Å². The van der Waals surface area contributed by atoms with Gasteiger partial charge in [0.05, 0.1) is 13.7 Å². The molecule has 0 bridgehead atoms. The van der Waals surface area contributed by atoms with Crippen molar-refractivity contribution in [3.05, 3.63) is 46.2 Å². The van der Waals surface area contributed by atoms with E-state index in [2.05, 4.69) is 21.7 Å². The maximum atomic E-state index is 12.1. The maximum Gasteiger partial charge on any atom is 0.238 e. The summed E-state index contributed by atoms with van der Waals surface area (Å²) in [6.07, 6.45) is 1.04. The minimum Gasteiger partial charge on any atom is -0.497 e. The second-order valence-electron chi connectivity index (χ2n) is 5.11. The predicted octanol–water partition coefficient (Wildman–Crippen LogP) is 2.75. The van der Waals surface area contributed by atoms with Crippen LogP contribution in [0.4, 0.5) is 5.69 Å². The SMILES string of the molecule is COc1cccc(NC(=O)CN2CCc3sccc3C2)c1. The number of hydrogen-bond acceptors (Lipinski definition) is 4. The van der Waals surface area contributed by atoms with E-state index in [9.17, 15) is 4.79 Å². The summed E-state index contributed by atoms with van der Waals surface area (Å²) in [5.74, 6) is 0.760. The van der Waals surface area contributed by atoms with Crippen molar-refractivity contribution in [2.24, 2.45) is 0 Å². The fourth-order valence-corrected chi connectivity index (χ4v) is 3.44. The first-order valence-electron chi connectivity index (χ1n) is 6.96. The first kappa shape index (κ1) is 14.1. The van der Waals surface area contributed by atoms with Gasteiger partial charge >= 0.3 is 0 Å². The average molecular weight is 302 g/mol. The van der Waals surface area contributed by atoms with Gasteiger partial charge in [-0.05, 0) is 35.6 Å². The molecule has 0 spiro atoms. The zero-order valence-corrected chi connectivity index (χ0v) is 12.8. The number of ether oxygens (including phenoxy) is 1. The lowest BCUT2D eigenvalue weighted by molar-refractivity contribution is -0.117. The number of hydrogen-bond donors (Lipinski definition) is 1. The van der Waals surface area contributed by atoms with Gasteiger partial charge in [-0.2, -0.15) is 0 Å². The summed E-state index contributed by atoms with van der Waals surface area (Å²) in [7, 11) is 1.62. The molecule has 0 unspecified atom stereocenters. The summed E-state index contributed by atoms with van der Waals surface area (Å²) in [6.45, 7) is 2.23. The van der Waals surface area contributed by atoms with Crippen molar-refractivity contribution < 1.29 is 9.53 Å². The number of carbonyl (C=O) groups is 1. The third-order valence-corrected chi connectivity index (χ3v) is 4.63. The van der Waals surface area contributed by atoms with Crippen LogP contribution in [0.1, 0.15) is 10.4 Å². The van der Waals surface area contributed by atoms with Gasteiger partial charge in [-0.25, -0.2) is 0 Å². The van der Waals surface area contributed by atoms with E-state index in [0.29, 0.717) is 6.54 Å². The van der Waals surface area contributed by atoms with Gasteiger partial charge in [-0.1, -0.05) is 6.07 Å². The van der Waals surface area contributed by atoms with Crippen molar-refractivity contribution >= 4 is 22.9 Å². The molecule has 21 heavy (non-hydrogen) atoms. The highest BCUT2D eigenvalue weighted by Gasteiger charge is 2.19. The first-order valence-corrected chi connectivity index (χ1v) is 7.84. The number of fused-ring (bicyclic) bond motifs is 1. The van der Waals surface area contributed by atoms with E-state index in [1.165, 1.54) is 10.4 Å². The fourth-order valence-electron chi connectivity index (χ4n) is 2.55. The maximum absolute atomic E-state index is 12.1. The Morgan fingerprint density at radius 1 is 1.43 bits per heavy atom. The highest BCUT2D eigenvalue weighted by Crippen LogP contribution is 2.24. The summed E-state index contributed by atoms with van der Waals surface area (Å²) in [4.78, 5) is 15.8. The number of thiophene rings is 1. The van der Waals surface area contributed by atoms with Crippen LogP contribution in [0.3, 0.4) is 0 Å². The Bertz CT molecular complexity index is 639. The summed E-state index contributed by atoms with van der Waals surface area (Å²) >= 11 is 1.81. The van der Waals surface area contributed by atoms with Gasteiger partial charge in [0.1, 0.15) is 5.75 Å². The van der Waals surface area contributed by atoms with Gasteiger partial charge in [0.15, 0.2) is 0 Å². The molecule has 0 aliphatic carbocycles. The lowest BCUT2D eigenvalue weighted by Gasteiger charge is -2.26. The van der Waals surface area contributed by atoms with Crippen molar-refractivity contribution in [1.82, 2.24) is 4.90 Å². The Balaban J connectivity index is 1.57. The summed E-state index contributed by atoms with van der Waals surface area (Å²) in [6, 6.07) is 9.58. The largest absolute Gasteiger partial charge is 0.497 e. The molecule has 2 aromatic rings. The van der Waals surface area contributed by atoms with E-state index in [-0.39, 0.29) is 5.91 Å². The molecule has 4 nitrogen and oxygen atoms in total. The number of nitrogens with zero attached hydrogens (tertiary/aromatic N) is 1. The topological polar surface area (TPSA) is 41.6 Å². The second kappa shape index (κ2) is 6.28. The normalized spacial score (nSPS) is 14.5. The molecule has 1 amide bonds. The Morgan fingerprint density at radius 2 is 2.33 bits per heavy atom. The van der Waals surface area contributed by atoms with Crippen LogP contribution < -0.4 is 10.1 Å². The zero-order valence-electron chi connectivity index (χ0n) is 12.0. The van der Waals surface area contributed by atoms with Gasteiger partial charge in [0.2, 0.25) is 5.91 Å². The molecule has 0 fully saturated rings. The molecule has 0 saturated carbocycles. The monoisotopic (exact) mass is 302 g/mol. The van der Waals surface area contributed by atoms with Crippen molar-refractivity contribution in [3.63, 3.8) is 0 Å². The van der Waals surface area contributed by atoms with Crippen LogP contribution in [0, 0.1) is 0 Å². The quantitative estimate of drug-likeness (QED) is 0.944. The number of anilines is 1. The fraction of sp³-hybridized carbons (Fsp3) is 0.312. The number of carbonyl (C=O) groups excluding carboxylic acids is 1. The molecule has 0 radical (unpaired) electrons. The summed E-state index contributed by atoms with van der Waals surface area (Å²) in [5.41, 5.74) is 2.13. The number of amides is 1. The molecular weight excluding hydrogens is 284 g/mol. The number of nitrogens with one attached hydrogen (secondary N) is 1. The highest BCUT2D eigenvalue weighted by molar-refractivity contribution is 7.10. The third kappa shape index (κ3) is 3.43. The zero-order chi connectivity index (χ0) is 14.7. The van der Waals surface area contributed by atoms with E-state index in [1.807, 2.05) is 35.6 Å². The van der Waals surface area contributed by atoms with Gasteiger partial charge in [-0.3, -0.25) is 9.69 Å². The van der Waals surface area contributed by atoms with Crippen LogP contribution in [0.15, 0.2) is 35.7 Å². The predicted molar refractivity (Wildman–Crippen MR) is 84.9 cm³/mol. The van der Waals surface area contributed by atoms with Crippen LogP contribution in [0.5, 0.6) is 5.75 Å². The summed E-state index contributed by atoms with van der Waals surface area (Å²) in [5, 5.41) is 5.05. The Morgan fingerprint density at radius 3 is 3.19 bits per heavy atom. The van der Waals surface area contributed by atoms with E-state index < -0.39 is 0 Å². The van der Waals surface area contributed by atoms with Crippen LogP contribution in [-0.4, -0.2) is 31.0 Å². The standard InChI is InChI=1S/C16H18N2O2S/c1-20-14-4-2-3-13(9-14)17-16(19)11-18-7-5-15-12(10-18)6-8-21-15/h2-4,6,8-9H,5,7,10-11H2,1H3,(H,17,19). The van der Waals surface area contributed by atoms with E-state index in [1.54, 1.807) is 7.11 Å². The lowest BCUT2D eigenvalue weighted by atomic mass is 10.1. The molecule has 2 heterocycles. The van der Waals surface area contributed by atoms with Crippen LogP contribution in [0.2, 0.25) is 0 Å². The van der Waals surface area contributed by atoms with Crippen LogP contribution in [0.25, 0.3) is 0 Å². The minimum atomic E-state index is 0.0157. The Labute approximate surface area is 128 Å². The second-order valence-corrected chi connectivity index (χ2v) is 6.11. The molecule has 1 aliphatic heterocycles. The molecule has 1 aliphatic rings. The van der Waals surface area contributed by atoms with Crippen LogP contribution >= 0.6 is 11.3 Å². The molecular formula is C16H18N2O2S. The van der Waals surface area contributed by atoms with Gasteiger partial charge < -0.3 is 10.1 Å². The van der Waals surface area contributed by atoms with Gasteiger partial charge in [0.25, 0.3) is 0 Å². The average Bonchev–Trinajstić information content (AvgIpc) is 2.95. The molecule has 0 atom stereocenters. The number of rotatable bonds is 4. The number of benzene rings is 1. The van der Waals surface area contributed by atoms with Crippen molar-refractivity contribution in [2.75, 3.05) is 25.5 Å². The smallest absolute Gasteiger partial charge is 0.238 e. The number of methoxy groups -OCH3 is 1. The van der Waals surface area contributed by atoms with E-state index >= 15 is 0 Å². The van der Waals surface area contributed by atoms with Crippen LogP contribution in [-0.2, 0) is 17.8 Å². The first-order chi connectivity index (χ1) is 10.2. The molecule has 3 rings (SSSR count). The molecule has 1 N–H and O–H groups in total. The van der Waals surface area contributed by atoms with Gasteiger partial charge in [0, 0.05) is 29.7 Å². The van der Waals surface area contributed by atoms with E-state index in [4.69, 9.17) is 4.74 Å². The Hall–Kier alpha value is -1.85. The molecule has 110 valence electrons. The molecule has 0 saturated heterocycles.